The SMILES string of the molecule is CC(C)(C)OC(=O)OC(=O)OC(C)(C)C.[2H]C([2H])(N)C([2H])([2H])O.[2H]C([2H])(O)C([2H])([2H])CC(=O)OC(C)(C)C. The molecular formula is C20H41NO9. The van der Waals surface area contributed by atoms with E-state index in [9.17, 15) is 14.4 Å². The van der Waals surface area contributed by atoms with Crippen molar-refractivity contribution in [1.29, 1.82) is 0 Å². The van der Waals surface area contributed by atoms with E-state index in [1.807, 2.05) is 0 Å². The van der Waals surface area contributed by atoms with Gasteiger partial charge in [0.1, 0.15) is 16.8 Å². The number of esters is 1. The van der Waals surface area contributed by atoms with Gasteiger partial charge in [-0.05, 0) is 68.7 Å². The first-order valence-corrected chi connectivity index (χ1v) is 8.69. The lowest BCUT2D eigenvalue weighted by molar-refractivity contribution is -0.155. The van der Waals surface area contributed by atoms with Crippen LogP contribution in [0.4, 0.5) is 9.59 Å². The molecule has 0 heterocycles. The Morgan fingerprint density at radius 3 is 1.33 bits per heavy atom. The Bertz CT molecular complexity index is 732. The lowest BCUT2D eigenvalue weighted by Gasteiger charge is -2.20. The third-order valence-corrected chi connectivity index (χ3v) is 1.74. The molecule has 0 saturated carbocycles. The molecule has 0 aromatic heterocycles. The van der Waals surface area contributed by atoms with Crippen molar-refractivity contribution in [3.63, 3.8) is 0 Å². The predicted octanol–water partition coefficient (Wildman–Crippen LogP) is 2.91. The minimum Gasteiger partial charge on any atom is -0.460 e. The summed E-state index contributed by atoms with van der Waals surface area (Å²) in [6.07, 6.45) is -5.60. The number of carbonyl (C=O) groups is 3. The fourth-order valence-corrected chi connectivity index (χ4v) is 1.10. The van der Waals surface area contributed by atoms with E-state index < -0.39 is 67.5 Å². The monoisotopic (exact) mass is 447 g/mol. The lowest BCUT2D eigenvalue weighted by atomic mass is 10.2. The molecule has 0 spiro atoms. The zero-order chi connectivity index (χ0) is 31.8. The second kappa shape index (κ2) is 15.9. The van der Waals surface area contributed by atoms with Crippen LogP contribution in [0.5, 0.6) is 0 Å². The van der Waals surface area contributed by atoms with Crippen LogP contribution in [0.25, 0.3) is 0 Å². The van der Waals surface area contributed by atoms with E-state index in [2.05, 4.69) is 10.5 Å². The Labute approximate surface area is 191 Å². The fraction of sp³-hybridized carbons (Fsp3) is 0.850. The summed E-state index contributed by atoms with van der Waals surface area (Å²) in [6.45, 7) is 6.19. The van der Waals surface area contributed by atoms with Crippen LogP contribution in [-0.4, -0.2) is 64.9 Å². The standard InChI is InChI=1S/C10H18O5.C8H16O3.C2H7NO/c1-9(2,3)14-7(11)13-8(12)15-10(4,5)6;1-8(2,3)11-7(10)5-4-6-9;3-1-2-4/h1-6H3;9H,4-6H2,1-3H3;4H,1-3H2/i;4D2,6D2;1D2,2D2. The van der Waals surface area contributed by atoms with Crippen molar-refractivity contribution in [1.82, 2.24) is 0 Å². The maximum Gasteiger partial charge on any atom is 0.519 e. The van der Waals surface area contributed by atoms with Crippen molar-refractivity contribution >= 4 is 18.3 Å². The van der Waals surface area contributed by atoms with E-state index in [1.165, 1.54) is 0 Å². The molecule has 0 unspecified atom stereocenters. The van der Waals surface area contributed by atoms with Gasteiger partial charge in [0.2, 0.25) is 0 Å². The average molecular weight is 448 g/mol. The van der Waals surface area contributed by atoms with Gasteiger partial charge in [-0.15, -0.1) is 0 Å². The molecule has 0 aliphatic heterocycles. The first kappa shape index (κ1) is 18.8. The molecule has 10 heteroatoms. The molecule has 0 bridgehead atoms. The van der Waals surface area contributed by atoms with Crippen LogP contribution in [-0.2, 0) is 23.7 Å². The van der Waals surface area contributed by atoms with Gasteiger partial charge in [0, 0.05) is 25.0 Å². The first-order valence-electron chi connectivity index (χ1n) is 12.7. The molecule has 10 nitrogen and oxygen atoms in total. The molecule has 0 aromatic rings. The fourth-order valence-electron chi connectivity index (χ4n) is 1.10. The number of ether oxygens (including phenoxy) is 4. The Morgan fingerprint density at radius 2 is 1.10 bits per heavy atom. The zero-order valence-corrected chi connectivity index (χ0v) is 19.0. The summed E-state index contributed by atoms with van der Waals surface area (Å²) >= 11 is 0. The van der Waals surface area contributed by atoms with Gasteiger partial charge in [-0.3, -0.25) is 4.79 Å². The van der Waals surface area contributed by atoms with Gasteiger partial charge in [0.15, 0.2) is 0 Å². The molecule has 0 fully saturated rings. The first-order chi connectivity index (χ1) is 16.1. The highest BCUT2D eigenvalue weighted by Crippen LogP contribution is 2.11. The van der Waals surface area contributed by atoms with E-state index in [4.69, 9.17) is 35.4 Å². The largest absolute Gasteiger partial charge is 0.519 e. The summed E-state index contributed by atoms with van der Waals surface area (Å²) < 4.78 is 71.9. The van der Waals surface area contributed by atoms with Crippen molar-refractivity contribution < 1.29 is 54.5 Å². The van der Waals surface area contributed by atoms with Crippen molar-refractivity contribution in [2.75, 3.05) is 19.6 Å². The molecule has 0 aliphatic rings. The molecular weight excluding hydrogens is 398 g/mol. The third-order valence-electron chi connectivity index (χ3n) is 1.74. The average Bonchev–Trinajstić information content (AvgIpc) is 2.45. The molecule has 30 heavy (non-hydrogen) atoms. The minimum absolute atomic E-state index is 0.695. The summed E-state index contributed by atoms with van der Waals surface area (Å²) in [7, 11) is 0. The van der Waals surface area contributed by atoms with Gasteiger partial charge < -0.3 is 34.9 Å². The van der Waals surface area contributed by atoms with Gasteiger partial charge in [-0.1, -0.05) is 0 Å². The number of nitrogens with two attached hydrogens (primary N) is 1. The van der Waals surface area contributed by atoms with Crippen molar-refractivity contribution in [2.45, 2.75) is 91.9 Å². The van der Waals surface area contributed by atoms with Crippen LogP contribution < -0.4 is 5.73 Å². The maximum absolute atomic E-state index is 11.2. The Morgan fingerprint density at radius 1 is 0.767 bits per heavy atom. The topological polar surface area (TPSA) is 155 Å². The lowest BCUT2D eigenvalue weighted by Crippen LogP contribution is -2.29. The van der Waals surface area contributed by atoms with E-state index in [0.717, 1.165) is 0 Å². The summed E-state index contributed by atoms with van der Waals surface area (Å²) in [5.41, 5.74) is 2.38. The Balaban J connectivity index is -0.000000508. The molecule has 0 rings (SSSR count). The number of hydrogen-bond donors (Lipinski definition) is 3. The number of carbonyl (C=O) groups excluding carboxylic acids is 3. The van der Waals surface area contributed by atoms with E-state index in [1.54, 1.807) is 62.3 Å². The second-order valence-electron chi connectivity index (χ2n) is 8.34. The quantitative estimate of drug-likeness (QED) is 0.333. The zero-order valence-electron chi connectivity index (χ0n) is 27.0. The molecule has 0 amide bonds. The van der Waals surface area contributed by atoms with Gasteiger partial charge >= 0.3 is 18.3 Å². The van der Waals surface area contributed by atoms with Gasteiger partial charge in [-0.2, -0.15) is 0 Å². The van der Waals surface area contributed by atoms with E-state index in [-0.39, 0.29) is 0 Å². The van der Waals surface area contributed by atoms with Crippen LogP contribution in [0.2, 0.25) is 0 Å². The molecule has 180 valence electrons. The van der Waals surface area contributed by atoms with E-state index in [0.29, 0.717) is 0 Å². The highest BCUT2D eigenvalue weighted by atomic mass is 16.8. The summed E-state index contributed by atoms with van der Waals surface area (Å²) in [6, 6.07) is 0. The van der Waals surface area contributed by atoms with E-state index >= 15 is 0 Å². The summed E-state index contributed by atoms with van der Waals surface area (Å²) in [5, 5.41) is 17.0. The highest BCUT2D eigenvalue weighted by molar-refractivity contribution is 5.77. The van der Waals surface area contributed by atoms with Crippen LogP contribution in [0.1, 0.15) is 86.1 Å². The number of rotatable bonds is 4. The highest BCUT2D eigenvalue weighted by Gasteiger charge is 2.24. The molecule has 0 saturated heterocycles. The van der Waals surface area contributed by atoms with Crippen LogP contribution >= 0.6 is 0 Å². The van der Waals surface area contributed by atoms with Crippen LogP contribution in [0.3, 0.4) is 0 Å². The Kier molecular flexibility index (Phi) is 9.96. The van der Waals surface area contributed by atoms with Crippen molar-refractivity contribution in [3.8, 4) is 0 Å². The number of hydrogen-bond acceptors (Lipinski definition) is 10. The van der Waals surface area contributed by atoms with Crippen LogP contribution in [0.15, 0.2) is 0 Å². The molecule has 4 N–H and O–H groups in total. The number of aliphatic hydroxyl groups is 2. The predicted molar refractivity (Wildman–Crippen MR) is 112 cm³/mol. The van der Waals surface area contributed by atoms with Crippen molar-refractivity contribution in [2.24, 2.45) is 5.73 Å². The van der Waals surface area contributed by atoms with Crippen LogP contribution in [0, 0.1) is 0 Å². The molecule has 0 aliphatic carbocycles. The normalized spacial score (nSPS) is 16.9. The third kappa shape index (κ3) is 33.7. The maximum atomic E-state index is 11.2. The second-order valence-corrected chi connectivity index (χ2v) is 8.34. The summed E-state index contributed by atoms with van der Waals surface area (Å²) in [4.78, 5) is 33.2. The minimum atomic E-state index is -3.07. The molecule has 0 radical (unpaired) electrons. The Hall–Kier alpha value is -1.91. The van der Waals surface area contributed by atoms with Gasteiger partial charge in [0.25, 0.3) is 0 Å². The smallest absolute Gasteiger partial charge is 0.460 e. The van der Waals surface area contributed by atoms with Gasteiger partial charge in [-0.25, -0.2) is 9.59 Å². The molecule has 0 aromatic carbocycles. The summed E-state index contributed by atoms with van der Waals surface area (Å²) in [5.74, 6) is -0.884. The molecule has 0 atom stereocenters. The van der Waals surface area contributed by atoms with Gasteiger partial charge in [0.05, 0.1) is 12.0 Å². The van der Waals surface area contributed by atoms with Crippen molar-refractivity contribution in [3.05, 3.63) is 0 Å².